The van der Waals surface area contributed by atoms with Crippen LogP contribution in [0.15, 0.2) is 48.0 Å². The molecule has 1 atom stereocenters. The largest absolute Gasteiger partial charge is 0.507 e. The molecule has 1 amide bonds. The second-order valence-electron chi connectivity index (χ2n) is 10.0. The van der Waals surface area contributed by atoms with Crippen molar-refractivity contribution in [2.24, 2.45) is 0 Å². The highest BCUT2D eigenvalue weighted by atomic mass is 16.5. The summed E-state index contributed by atoms with van der Waals surface area (Å²) in [4.78, 5) is 27.6. The number of rotatable bonds is 9. The van der Waals surface area contributed by atoms with E-state index in [9.17, 15) is 14.7 Å². The molecule has 0 saturated carbocycles. The van der Waals surface area contributed by atoms with Gasteiger partial charge in [-0.15, -0.1) is 0 Å². The van der Waals surface area contributed by atoms with E-state index in [1.165, 1.54) is 4.90 Å². The third kappa shape index (κ3) is 5.76. The molecule has 35 heavy (non-hydrogen) atoms. The number of likely N-dealkylation sites (tertiary alicyclic amines) is 1. The maximum atomic E-state index is 13.2. The van der Waals surface area contributed by atoms with Crippen LogP contribution in [0.5, 0.6) is 5.75 Å². The molecular formula is C29H37NO5. The first kappa shape index (κ1) is 26.5. The summed E-state index contributed by atoms with van der Waals surface area (Å²) in [6.07, 6.45) is 2.00. The number of carbonyl (C=O) groups excluding carboxylic acids is 2. The van der Waals surface area contributed by atoms with Crippen molar-refractivity contribution in [3.8, 4) is 5.75 Å². The van der Waals surface area contributed by atoms with Crippen LogP contribution in [0.3, 0.4) is 0 Å². The number of Topliss-reactive ketones (excluding diaryl/α,β-unsaturated/α-hetero) is 1. The first-order chi connectivity index (χ1) is 16.6. The predicted molar refractivity (Wildman–Crippen MR) is 138 cm³/mol. The van der Waals surface area contributed by atoms with Gasteiger partial charge in [0.15, 0.2) is 0 Å². The normalized spacial score (nSPS) is 17.8. The van der Waals surface area contributed by atoms with Crippen LogP contribution in [-0.2, 0) is 19.7 Å². The van der Waals surface area contributed by atoms with Crippen molar-refractivity contribution in [3.05, 3.63) is 70.3 Å². The SMILES string of the molecule is CCCCOc1ccc(/C(O)=C2\C(=O)C(=O)N(CCOC)[C@@H]2c2ccc(C(C)(C)C)cc2)cc1C. The molecule has 1 aliphatic heterocycles. The van der Waals surface area contributed by atoms with Crippen LogP contribution < -0.4 is 4.74 Å². The summed E-state index contributed by atoms with van der Waals surface area (Å²) in [6, 6.07) is 12.5. The van der Waals surface area contributed by atoms with Crippen molar-refractivity contribution in [2.45, 2.75) is 58.9 Å². The van der Waals surface area contributed by atoms with Gasteiger partial charge in [-0.2, -0.15) is 0 Å². The molecular weight excluding hydrogens is 442 g/mol. The van der Waals surface area contributed by atoms with Crippen molar-refractivity contribution >= 4 is 17.4 Å². The average Bonchev–Trinajstić information content (AvgIpc) is 3.07. The zero-order valence-electron chi connectivity index (χ0n) is 21.7. The van der Waals surface area contributed by atoms with E-state index in [-0.39, 0.29) is 29.9 Å². The van der Waals surface area contributed by atoms with E-state index in [2.05, 4.69) is 27.7 Å². The number of benzene rings is 2. The molecule has 1 N–H and O–H groups in total. The van der Waals surface area contributed by atoms with Gasteiger partial charge in [0.25, 0.3) is 11.7 Å². The van der Waals surface area contributed by atoms with Crippen molar-refractivity contribution < 1.29 is 24.2 Å². The van der Waals surface area contributed by atoms with Gasteiger partial charge in [-0.1, -0.05) is 58.4 Å². The van der Waals surface area contributed by atoms with Gasteiger partial charge >= 0.3 is 0 Å². The summed E-state index contributed by atoms with van der Waals surface area (Å²) in [5, 5.41) is 11.3. The number of aliphatic hydroxyl groups excluding tert-OH is 1. The van der Waals surface area contributed by atoms with Crippen molar-refractivity contribution in [1.82, 2.24) is 4.90 Å². The number of unbranched alkanes of at least 4 members (excludes halogenated alkanes) is 1. The van der Waals surface area contributed by atoms with E-state index >= 15 is 0 Å². The molecule has 1 saturated heterocycles. The number of hydrogen-bond acceptors (Lipinski definition) is 5. The van der Waals surface area contributed by atoms with Gasteiger partial charge < -0.3 is 19.5 Å². The highest BCUT2D eigenvalue weighted by Gasteiger charge is 2.45. The highest BCUT2D eigenvalue weighted by Crippen LogP contribution is 2.40. The predicted octanol–water partition coefficient (Wildman–Crippen LogP) is 5.54. The zero-order chi connectivity index (χ0) is 25.8. The Morgan fingerprint density at radius 2 is 1.74 bits per heavy atom. The third-order valence-corrected chi connectivity index (χ3v) is 6.37. The van der Waals surface area contributed by atoms with Crippen LogP contribution in [0, 0.1) is 6.92 Å². The van der Waals surface area contributed by atoms with Gasteiger partial charge in [-0.3, -0.25) is 9.59 Å². The molecule has 0 unspecified atom stereocenters. The Labute approximate surface area is 208 Å². The lowest BCUT2D eigenvalue weighted by molar-refractivity contribution is -0.140. The van der Waals surface area contributed by atoms with Gasteiger partial charge in [0.1, 0.15) is 11.5 Å². The fourth-order valence-corrected chi connectivity index (χ4v) is 4.25. The molecule has 188 valence electrons. The number of hydrogen-bond donors (Lipinski definition) is 1. The molecule has 0 bridgehead atoms. The molecule has 0 spiro atoms. The summed E-state index contributed by atoms with van der Waals surface area (Å²) in [5.41, 5.74) is 3.30. The maximum Gasteiger partial charge on any atom is 0.295 e. The van der Waals surface area contributed by atoms with E-state index < -0.39 is 17.7 Å². The van der Waals surface area contributed by atoms with Gasteiger partial charge in [-0.25, -0.2) is 0 Å². The highest BCUT2D eigenvalue weighted by molar-refractivity contribution is 6.46. The maximum absolute atomic E-state index is 13.2. The number of amides is 1. The number of nitrogens with zero attached hydrogens (tertiary/aromatic N) is 1. The Balaban J connectivity index is 2.06. The number of methoxy groups -OCH3 is 1. The number of aryl methyl sites for hydroxylation is 1. The molecule has 3 rings (SSSR count). The molecule has 6 nitrogen and oxygen atoms in total. The summed E-state index contributed by atoms with van der Waals surface area (Å²) in [5.74, 6) is -0.768. The lowest BCUT2D eigenvalue weighted by Crippen LogP contribution is -2.32. The van der Waals surface area contributed by atoms with Gasteiger partial charge in [0, 0.05) is 19.2 Å². The molecule has 2 aromatic carbocycles. The fourth-order valence-electron chi connectivity index (χ4n) is 4.25. The molecule has 0 radical (unpaired) electrons. The second-order valence-corrected chi connectivity index (χ2v) is 10.0. The van der Waals surface area contributed by atoms with Crippen LogP contribution in [0.1, 0.15) is 68.8 Å². The Bertz CT molecular complexity index is 1100. The summed E-state index contributed by atoms with van der Waals surface area (Å²) >= 11 is 0. The lowest BCUT2D eigenvalue weighted by atomic mass is 9.85. The Morgan fingerprint density at radius 3 is 2.31 bits per heavy atom. The quantitative estimate of drug-likeness (QED) is 0.221. The molecule has 1 aliphatic rings. The third-order valence-electron chi connectivity index (χ3n) is 6.37. The van der Waals surface area contributed by atoms with E-state index in [1.54, 1.807) is 25.3 Å². The van der Waals surface area contributed by atoms with E-state index in [4.69, 9.17) is 9.47 Å². The molecule has 2 aromatic rings. The Morgan fingerprint density at radius 1 is 1.06 bits per heavy atom. The van der Waals surface area contributed by atoms with Gasteiger partial charge in [-0.05, 0) is 53.6 Å². The minimum atomic E-state index is -0.694. The molecule has 1 heterocycles. The van der Waals surface area contributed by atoms with Gasteiger partial charge in [0.2, 0.25) is 0 Å². The average molecular weight is 480 g/mol. The zero-order valence-corrected chi connectivity index (χ0v) is 21.7. The van der Waals surface area contributed by atoms with Crippen LogP contribution in [0.2, 0.25) is 0 Å². The molecule has 0 aliphatic carbocycles. The number of ketones is 1. The minimum Gasteiger partial charge on any atom is -0.507 e. The summed E-state index contributed by atoms with van der Waals surface area (Å²) in [6.45, 7) is 11.5. The van der Waals surface area contributed by atoms with Crippen LogP contribution in [-0.4, -0.2) is 48.6 Å². The first-order valence-corrected chi connectivity index (χ1v) is 12.2. The minimum absolute atomic E-state index is 0.0329. The number of aliphatic hydroxyl groups is 1. The second kappa shape index (κ2) is 11.1. The van der Waals surface area contributed by atoms with E-state index in [0.29, 0.717) is 12.2 Å². The van der Waals surface area contributed by atoms with E-state index in [0.717, 1.165) is 35.3 Å². The first-order valence-electron chi connectivity index (χ1n) is 12.2. The van der Waals surface area contributed by atoms with Crippen LogP contribution in [0.4, 0.5) is 0 Å². The Kier molecular flexibility index (Phi) is 8.39. The Hall–Kier alpha value is -3.12. The van der Waals surface area contributed by atoms with Crippen molar-refractivity contribution in [1.29, 1.82) is 0 Å². The number of carbonyl (C=O) groups is 2. The van der Waals surface area contributed by atoms with Crippen LogP contribution >= 0.6 is 0 Å². The van der Waals surface area contributed by atoms with Crippen LogP contribution in [0.25, 0.3) is 5.76 Å². The molecule has 1 fully saturated rings. The van der Waals surface area contributed by atoms with Gasteiger partial charge in [0.05, 0.1) is 24.8 Å². The van der Waals surface area contributed by atoms with Crippen molar-refractivity contribution in [2.75, 3.05) is 26.9 Å². The monoisotopic (exact) mass is 479 g/mol. The topological polar surface area (TPSA) is 76.1 Å². The fraction of sp³-hybridized carbons (Fsp3) is 0.448. The number of ether oxygens (including phenoxy) is 2. The standard InChI is InChI=1S/C29H37NO5/c1-7-8-16-35-23-14-11-21(18-19(23)2)26(31)24-25(30(15-17-34-6)28(33)27(24)32)20-9-12-22(13-10-20)29(3,4)5/h9-14,18,25,31H,7-8,15-17H2,1-6H3/b26-24+/t25-/m1/s1. The van der Waals surface area contributed by atoms with Crippen molar-refractivity contribution in [3.63, 3.8) is 0 Å². The summed E-state index contributed by atoms with van der Waals surface area (Å²) in [7, 11) is 1.55. The molecule has 6 heteroatoms. The summed E-state index contributed by atoms with van der Waals surface area (Å²) < 4.78 is 11.0. The lowest BCUT2D eigenvalue weighted by Gasteiger charge is -2.26. The molecule has 0 aromatic heterocycles. The smallest absolute Gasteiger partial charge is 0.295 e. The van der Waals surface area contributed by atoms with E-state index in [1.807, 2.05) is 31.2 Å².